The number of likely N-dealkylation sites (N-methyl/N-ethyl adjacent to an activating group) is 1. The summed E-state index contributed by atoms with van der Waals surface area (Å²) in [7, 11) is 2.16. The van der Waals surface area contributed by atoms with Crippen LogP contribution in [0.15, 0.2) is 42.5 Å². The molecule has 1 aliphatic carbocycles. The SMILES string of the molecule is CN1CC[C@]2(C)c3cc(O)ccc3CC1[C@@H]2COc1cccc(C(=O)O)c1. The summed E-state index contributed by atoms with van der Waals surface area (Å²) in [6.07, 6.45) is 1.94. The third-order valence-electron chi connectivity index (χ3n) is 6.48. The number of phenolic OH excluding ortho intramolecular Hbond substituents is 1. The second-order valence-electron chi connectivity index (χ2n) is 8.01. The number of carbonyl (C=O) groups is 1. The molecular formula is C22H25NO4. The van der Waals surface area contributed by atoms with Crippen molar-refractivity contribution < 1.29 is 19.7 Å². The Labute approximate surface area is 159 Å². The summed E-state index contributed by atoms with van der Waals surface area (Å²) in [5.41, 5.74) is 2.68. The van der Waals surface area contributed by atoms with Crippen LogP contribution in [-0.4, -0.2) is 47.3 Å². The molecule has 0 radical (unpaired) electrons. The second-order valence-corrected chi connectivity index (χ2v) is 8.01. The minimum Gasteiger partial charge on any atom is -0.508 e. The molecule has 0 amide bonds. The van der Waals surface area contributed by atoms with Crippen LogP contribution in [-0.2, 0) is 11.8 Å². The molecule has 2 bridgehead atoms. The monoisotopic (exact) mass is 367 g/mol. The molecule has 27 heavy (non-hydrogen) atoms. The van der Waals surface area contributed by atoms with E-state index < -0.39 is 5.97 Å². The Kier molecular flexibility index (Phi) is 4.35. The smallest absolute Gasteiger partial charge is 0.335 e. The van der Waals surface area contributed by atoms with Crippen molar-refractivity contribution in [1.82, 2.24) is 4.90 Å². The number of nitrogens with zero attached hydrogens (tertiary/aromatic N) is 1. The van der Waals surface area contributed by atoms with Gasteiger partial charge in [0.2, 0.25) is 0 Å². The molecule has 1 unspecified atom stereocenters. The van der Waals surface area contributed by atoms with E-state index in [-0.39, 0.29) is 16.9 Å². The van der Waals surface area contributed by atoms with Crippen molar-refractivity contribution in [1.29, 1.82) is 0 Å². The number of benzene rings is 2. The highest BCUT2D eigenvalue weighted by Crippen LogP contribution is 2.49. The molecule has 142 valence electrons. The van der Waals surface area contributed by atoms with Gasteiger partial charge in [-0.3, -0.25) is 0 Å². The molecule has 5 heteroatoms. The molecule has 2 aromatic rings. The zero-order valence-electron chi connectivity index (χ0n) is 15.7. The van der Waals surface area contributed by atoms with E-state index in [1.165, 1.54) is 11.1 Å². The lowest BCUT2D eigenvalue weighted by Crippen LogP contribution is -2.59. The first-order valence-electron chi connectivity index (χ1n) is 9.37. The fraction of sp³-hybridized carbons (Fsp3) is 0.409. The summed E-state index contributed by atoms with van der Waals surface area (Å²) in [5.74, 6) is 0.201. The maximum absolute atomic E-state index is 11.2. The van der Waals surface area contributed by atoms with Crippen molar-refractivity contribution >= 4 is 5.97 Å². The quantitative estimate of drug-likeness (QED) is 0.868. The van der Waals surface area contributed by atoms with Crippen LogP contribution in [0.25, 0.3) is 0 Å². The molecule has 1 heterocycles. The van der Waals surface area contributed by atoms with Crippen LogP contribution in [0.1, 0.15) is 34.8 Å². The first-order valence-corrected chi connectivity index (χ1v) is 9.37. The van der Waals surface area contributed by atoms with Crippen molar-refractivity contribution in [2.75, 3.05) is 20.2 Å². The maximum atomic E-state index is 11.2. The van der Waals surface area contributed by atoms with Crippen LogP contribution in [0.2, 0.25) is 0 Å². The standard InChI is InChI=1S/C22H25NO4/c1-22-8-9-23(2)20(11-14-6-7-16(24)12-18(14)22)19(22)13-27-17-5-3-4-15(10-17)21(25)26/h3-7,10,12,19-20,24H,8-9,11,13H2,1-2H3,(H,25,26)/t19-,20?,22+/m0/s1. The van der Waals surface area contributed by atoms with Gasteiger partial charge in [0.15, 0.2) is 0 Å². The molecule has 1 aliphatic heterocycles. The number of rotatable bonds is 4. The summed E-state index contributed by atoms with van der Waals surface area (Å²) in [4.78, 5) is 13.6. The number of hydrogen-bond acceptors (Lipinski definition) is 4. The first-order chi connectivity index (χ1) is 12.9. The highest BCUT2D eigenvalue weighted by molar-refractivity contribution is 5.88. The Balaban J connectivity index is 1.64. The normalized spacial score (nSPS) is 27.0. The van der Waals surface area contributed by atoms with Gasteiger partial charge < -0.3 is 19.8 Å². The van der Waals surface area contributed by atoms with Crippen molar-refractivity contribution in [3.05, 3.63) is 59.2 Å². The van der Waals surface area contributed by atoms with Crippen LogP contribution >= 0.6 is 0 Å². The van der Waals surface area contributed by atoms with Crippen molar-refractivity contribution in [3.8, 4) is 11.5 Å². The summed E-state index contributed by atoms with van der Waals surface area (Å²) < 4.78 is 6.08. The number of aromatic carboxylic acids is 1. The number of fused-ring (bicyclic) bond motifs is 4. The third kappa shape index (κ3) is 3.06. The lowest BCUT2D eigenvalue weighted by atomic mass is 9.58. The third-order valence-corrected chi connectivity index (χ3v) is 6.48. The lowest BCUT2D eigenvalue weighted by Gasteiger charge is -2.54. The van der Waals surface area contributed by atoms with Crippen molar-refractivity contribution in [3.63, 3.8) is 0 Å². The van der Waals surface area contributed by atoms with Gasteiger partial charge in [0, 0.05) is 17.4 Å². The van der Waals surface area contributed by atoms with Gasteiger partial charge >= 0.3 is 5.97 Å². The predicted octanol–water partition coefficient (Wildman–Crippen LogP) is 3.30. The van der Waals surface area contributed by atoms with Gasteiger partial charge in [-0.15, -0.1) is 0 Å². The van der Waals surface area contributed by atoms with Gasteiger partial charge in [-0.2, -0.15) is 0 Å². The highest BCUT2D eigenvalue weighted by Gasteiger charge is 2.50. The van der Waals surface area contributed by atoms with E-state index in [2.05, 4.69) is 18.9 Å². The van der Waals surface area contributed by atoms with Gasteiger partial charge in [-0.25, -0.2) is 4.79 Å². The number of carboxylic acids is 1. The van der Waals surface area contributed by atoms with E-state index in [4.69, 9.17) is 4.74 Å². The molecule has 0 aromatic heterocycles. The Bertz CT molecular complexity index is 880. The van der Waals surface area contributed by atoms with E-state index in [1.54, 1.807) is 30.3 Å². The molecule has 2 aliphatic rings. The average molecular weight is 367 g/mol. The zero-order chi connectivity index (χ0) is 19.2. The van der Waals surface area contributed by atoms with Gasteiger partial charge in [0.05, 0.1) is 12.2 Å². The number of piperidine rings is 1. The van der Waals surface area contributed by atoms with Gasteiger partial charge in [0.1, 0.15) is 11.5 Å². The zero-order valence-corrected chi connectivity index (χ0v) is 15.7. The molecule has 2 aromatic carbocycles. The molecule has 4 rings (SSSR count). The molecule has 0 spiro atoms. The van der Waals surface area contributed by atoms with Gasteiger partial charge in [-0.05, 0) is 67.9 Å². The Morgan fingerprint density at radius 2 is 2.11 bits per heavy atom. The second kappa shape index (κ2) is 6.57. The first kappa shape index (κ1) is 17.9. The van der Waals surface area contributed by atoms with Crippen molar-refractivity contribution in [2.24, 2.45) is 5.92 Å². The Morgan fingerprint density at radius 3 is 2.89 bits per heavy atom. The number of phenols is 1. The van der Waals surface area contributed by atoms with Crippen LogP contribution in [0.4, 0.5) is 0 Å². The van der Waals surface area contributed by atoms with E-state index in [0.29, 0.717) is 24.1 Å². The van der Waals surface area contributed by atoms with Crippen LogP contribution in [0.3, 0.4) is 0 Å². The molecule has 1 fully saturated rings. The average Bonchev–Trinajstić information content (AvgIpc) is 2.65. The molecule has 2 N–H and O–H groups in total. The maximum Gasteiger partial charge on any atom is 0.335 e. The molecular weight excluding hydrogens is 342 g/mol. The fourth-order valence-corrected chi connectivity index (χ4v) is 4.82. The van der Waals surface area contributed by atoms with Crippen molar-refractivity contribution in [2.45, 2.75) is 31.2 Å². The number of ether oxygens (including phenoxy) is 1. The Morgan fingerprint density at radius 1 is 1.30 bits per heavy atom. The van der Waals surface area contributed by atoms with E-state index in [0.717, 1.165) is 19.4 Å². The number of carboxylic acid groups (broad SMARTS) is 1. The van der Waals surface area contributed by atoms with E-state index >= 15 is 0 Å². The van der Waals surface area contributed by atoms with E-state index in [9.17, 15) is 15.0 Å². The van der Waals surface area contributed by atoms with Crippen LogP contribution in [0.5, 0.6) is 11.5 Å². The largest absolute Gasteiger partial charge is 0.508 e. The fourth-order valence-electron chi connectivity index (χ4n) is 4.82. The van der Waals surface area contributed by atoms with Gasteiger partial charge in [0.25, 0.3) is 0 Å². The van der Waals surface area contributed by atoms with Gasteiger partial charge in [-0.1, -0.05) is 19.1 Å². The summed E-state index contributed by atoms with van der Waals surface area (Å²) in [6, 6.07) is 12.7. The molecule has 1 saturated heterocycles. The predicted molar refractivity (Wildman–Crippen MR) is 103 cm³/mol. The number of aromatic hydroxyl groups is 1. The topological polar surface area (TPSA) is 70.0 Å². The van der Waals surface area contributed by atoms with Crippen LogP contribution < -0.4 is 4.74 Å². The Hall–Kier alpha value is -2.53. The number of hydrogen-bond donors (Lipinski definition) is 2. The van der Waals surface area contributed by atoms with E-state index in [1.807, 2.05) is 12.1 Å². The lowest BCUT2D eigenvalue weighted by molar-refractivity contribution is 0.0118. The minimum absolute atomic E-state index is 0.0755. The molecule has 0 saturated carbocycles. The molecule has 3 atom stereocenters. The summed E-state index contributed by atoms with van der Waals surface area (Å²) >= 11 is 0. The minimum atomic E-state index is -0.953. The summed E-state index contributed by atoms with van der Waals surface area (Å²) in [5, 5.41) is 19.2. The summed E-state index contributed by atoms with van der Waals surface area (Å²) in [6.45, 7) is 3.80. The van der Waals surface area contributed by atoms with Crippen LogP contribution in [0, 0.1) is 5.92 Å². The highest BCUT2D eigenvalue weighted by atomic mass is 16.5. The molecule has 5 nitrogen and oxygen atoms in total. The number of likely N-dealkylation sites (tertiary alicyclic amines) is 1.